The molecule has 10 heteroatoms. The first-order chi connectivity index (χ1) is 15.1. The van der Waals surface area contributed by atoms with Crippen LogP contribution >= 0.6 is 23.1 Å². The van der Waals surface area contributed by atoms with Gasteiger partial charge < -0.3 is 14.1 Å². The van der Waals surface area contributed by atoms with E-state index in [1.54, 1.807) is 6.07 Å². The molecule has 3 aromatic rings. The number of hydrogen-bond acceptors (Lipinski definition) is 9. The van der Waals surface area contributed by atoms with Gasteiger partial charge in [0.05, 0.1) is 13.2 Å². The first-order valence-electron chi connectivity index (χ1n) is 9.54. The molecule has 1 saturated heterocycles. The molecule has 1 N–H and O–H groups in total. The van der Waals surface area contributed by atoms with E-state index in [4.69, 9.17) is 9.15 Å². The zero-order valence-corrected chi connectivity index (χ0v) is 18.3. The van der Waals surface area contributed by atoms with Crippen molar-refractivity contribution in [3.05, 3.63) is 53.3 Å². The van der Waals surface area contributed by atoms with Crippen molar-refractivity contribution in [1.29, 1.82) is 5.26 Å². The fourth-order valence-corrected chi connectivity index (χ4v) is 4.36. The molecule has 4 rings (SSSR count). The third-order valence-corrected chi connectivity index (χ3v) is 6.24. The van der Waals surface area contributed by atoms with Crippen LogP contribution in [0.1, 0.15) is 11.3 Å². The summed E-state index contributed by atoms with van der Waals surface area (Å²) in [5.74, 6) is -0.135. The number of nitrogens with one attached hydrogen (secondary N) is 1. The van der Waals surface area contributed by atoms with Crippen molar-refractivity contribution in [3.63, 3.8) is 0 Å². The quantitative estimate of drug-likeness (QED) is 0.442. The number of rotatable bonds is 6. The van der Waals surface area contributed by atoms with Gasteiger partial charge in [0.25, 0.3) is 5.91 Å². The lowest BCUT2D eigenvalue weighted by atomic mass is 10.2. The molecule has 0 atom stereocenters. The molecule has 8 nitrogen and oxygen atoms in total. The minimum absolute atomic E-state index is 0.0793. The van der Waals surface area contributed by atoms with Crippen LogP contribution in [0.15, 0.2) is 56.4 Å². The minimum Gasteiger partial charge on any atom is -0.450 e. The number of carbonyl (C=O) groups excluding carboxylic acids is 1. The molecular weight excluding hydrogens is 434 g/mol. The van der Waals surface area contributed by atoms with E-state index in [0.717, 1.165) is 18.0 Å². The molecular formula is C21H19N5O3S2. The molecule has 1 fully saturated rings. The zero-order valence-electron chi connectivity index (χ0n) is 16.7. The molecule has 0 spiro atoms. The van der Waals surface area contributed by atoms with E-state index in [-0.39, 0.29) is 5.57 Å². The summed E-state index contributed by atoms with van der Waals surface area (Å²) in [6.45, 7) is 4.76. The summed E-state index contributed by atoms with van der Waals surface area (Å²) in [4.78, 5) is 15.6. The first-order valence-corrected chi connectivity index (χ1v) is 11.2. The Bertz CT molecular complexity index is 1120. The molecule has 0 radical (unpaired) electrons. The summed E-state index contributed by atoms with van der Waals surface area (Å²) in [5, 5.41) is 21.9. The Balaban J connectivity index is 1.40. The molecule has 1 amide bonds. The highest BCUT2D eigenvalue weighted by Gasteiger charge is 2.18. The Labute approximate surface area is 187 Å². The van der Waals surface area contributed by atoms with E-state index in [2.05, 4.69) is 15.5 Å². The van der Waals surface area contributed by atoms with Crippen LogP contribution in [0.25, 0.3) is 6.08 Å². The molecule has 158 valence electrons. The number of amides is 1. The lowest BCUT2D eigenvalue weighted by Crippen LogP contribution is -2.36. The highest BCUT2D eigenvalue weighted by molar-refractivity contribution is 7.99. The second-order valence-electron chi connectivity index (χ2n) is 6.69. The molecule has 0 aliphatic carbocycles. The Kier molecular flexibility index (Phi) is 6.66. The van der Waals surface area contributed by atoms with Crippen LogP contribution in [-0.2, 0) is 9.53 Å². The van der Waals surface area contributed by atoms with Crippen LogP contribution in [-0.4, -0.2) is 42.4 Å². The summed E-state index contributed by atoms with van der Waals surface area (Å²) < 4.78 is 11.1. The lowest BCUT2D eigenvalue weighted by Gasteiger charge is -2.25. The third-order valence-electron chi connectivity index (χ3n) is 4.41. The van der Waals surface area contributed by atoms with Crippen molar-refractivity contribution in [2.45, 2.75) is 16.9 Å². The number of morpholine rings is 1. The van der Waals surface area contributed by atoms with Crippen LogP contribution in [0.5, 0.6) is 0 Å². The van der Waals surface area contributed by atoms with Gasteiger partial charge in [-0.1, -0.05) is 40.8 Å². The van der Waals surface area contributed by atoms with Crippen molar-refractivity contribution in [3.8, 4) is 6.07 Å². The number of furan rings is 1. The van der Waals surface area contributed by atoms with E-state index < -0.39 is 5.91 Å². The van der Waals surface area contributed by atoms with Crippen LogP contribution < -0.4 is 10.2 Å². The highest BCUT2D eigenvalue weighted by atomic mass is 32.2. The van der Waals surface area contributed by atoms with Gasteiger partial charge in [0, 0.05) is 24.1 Å². The molecule has 0 bridgehead atoms. The van der Waals surface area contributed by atoms with E-state index >= 15 is 0 Å². The van der Waals surface area contributed by atoms with E-state index in [1.807, 2.05) is 48.2 Å². The number of ether oxygens (including phenoxy) is 1. The number of nitrogens with zero attached hydrogens (tertiary/aromatic N) is 4. The predicted octanol–water partition coefficient (Wildman–Crippen LogP) is 3.97. The van der Waals surface area contributed by atoms with E-state index in [1.165, 1.54) is 34.7 Å². The topological polar surface area (TPSA) is 104 Å². The molecule has 1 aliphatic heterocycles. The summed E-state index contributed by atoms with van der Waals surface area (Å²) in [5.41, 5.74) is 1.11. The highest BCUT2D eigenvalue weighted by Crippen LogP contribution is 2.30. The molecule has 1 aliphatic rings. The van der Waals surface area contributed by atoms with Gasteiger partial charge in [0.2, 0.25) is 10.3 Å². The van der Waals surface area contributed by atoms with Gasteiger partial charge in [-0.3, -0.25) is 10.1 Å². The van der Waals surface area contributed by atoms with Crippen molar-refractivity contribution >= 4 is 45.3 Å². The first kappa shape index (κ1) is 21.1. The average molecular weight is 454 g/mol. The Morgan fingerprint density at radius 3 is 2.74 bits per heavy atom. The molecule has 31 heavy (non-hydrogen) atoms. The van der Waals surface area contributed by atoms with Crippen LogP contribution in [0.3, 0.4) is 0 Å². The smallest absolute Gasteiger partial charge is 0.268 e. The van der Waals surface area contributed by atoms with Crippen molar-refractivity contribution < 1.29 is 13.9 Å². The largest absolute Gasteiger partial charge is 0.450 e. The number of carbonyl (C=O) groups is 1. The van der Waals surface area contributed by atoms with Gasteiger partial charge in [0.15, 0.2) is 5.09 Å². The monoisotopic (exact) mass is 453 g/mol. The Hall–Kier alpha value is -3.13. The summed E-state index contributed by atoms with van der Waals surface area (Å²) >= 11 is 2.73. The standard InChI is InChI=1S/C21H19N5O3S2/c1-14-2-5-17(6-3-14)30-18-7-4-16(29-18)12-15(13-22)19(27)23-20-24-25-21(31-20)26-8-10-28-11-9-26/h2-7,12H,8-11H2,1H3,(H,23,24,27). The second kappa shape index (κ2) is 9.78. The van der Waals surface area contributed by atoms with Crippen molar-refractivity contribution in [1.82, 2.24) is 10.2 Å². The molecule has 0 saturated carbocycles. The maximum atomic E-state index is 12.5. The average Bonchev–Trinajstić information content (AvgIpc) is 3.44. The van der Waals surface area contributed by atoms with Crippen molar-refractivity contribution in [2.24, 2.45) is 0 Å². The van der Waals surface area contributed by atoms with Crippen LogP contribution in [0, 0.1) is 18.3 Å². The van der Waals surface area contributed by atoms with Gasteiger partial charge in [0.1, 0.15) is 17.4 Å². The third kappa shape index (κ3) is 5.52. The number of nitriles is 1. The fourth-order valence-electron chi connectivity index (χ4n) is 2.79. The zero-order chi connectivity index (χ0) is 21.6. The van der Waals surface area contributed by atoms with E-state index in [9.17, 15) is 10.1 Å². The van der Waals surface area contributed by atoms with Crippen LogP contribution in [0.2, 0.25) is 0 Å². The molecule has 1 aromatic carbocycles. The normalized spacial score (nSPS) is 14.3. The number of anilines is 2. The van der Waals surface area contributed by atoms with Gasteiger partial charge >= 0.3 is 0 Å². The number of aryl methyl sites for hydroxylation is 1. The van der Waals surface area contributed by atoms with E-state index in [0.29, 0.717) is 34.3 Å². The summed E-state index contributed by atoms with van der Waals surface area (Å²) in [6.07, 6.45) is 1.42. The van der Waals surface area contributed by atoms with Gasteiger partial charge in [-0.25, -0.2) is 0 Å². The van der Waals surface area contributed by atoms with Gasteiger partial charge in [-0.15, -0.1) is 10.2 Å². The predicted molar refractivity (Wildman–Crippen MR) is 119 cm³/mol. The summed E-state index contributed by atoms with van der Waals surface area (Å²) in [7, 11) is 0. The maximum Gasteiger partial charge on any atom is 0.268 e. The maximum absolute atomic E-state index is 12.5. The van der Waals surface area contributed by atoms with Crippen LogP contribution in [0.4, 0.5) is 10.3 Å². The van der Waals surface area contributed by atoms with Gasteiger partial charge in [-0.2, -0.15) is 5.26 Å². The number of hydrogen-bond donors (Lipinski definition) is 1. The fraction of sp³-hybridized carbons (Fsp3) is 0.238. The molecule has 2 aromatic heterocycles. The second-order valence-corrected chi connectivity index (χ2v) is 8.72. The van der Waals surface area contributed by atoms with Gasteiger partial charge in [-0.05, 0) is 31.2 Å². The minimum atomic E-state index is -0.559. The SMILES string of the molecule is Cc1ccc(Sc2ccc(C=C(C#N)C(=O)Nc3nnc(N4CCOCC4)s3)o2)cc1. The Morgan fingerprint density at radius 2 is 2.00 bits per heavy atom. The van der Waals surface area contributed by atoms with Crippen molar-refractivity contribution in [2.75, 3.05) is 36.5 Å². The summed E-state index contributed by atoms with van der Waals surface area (Å²) in [6, 6.07) is 13.5. The molecule has 3 heterocycles. The number of benzene rings is 1. The molecule has 0 unspecified atom stereocenters. The Morgan fingerprint density at radius 1 is 1.23 bits per heavy atom. The lowest BCUT2D eigenvalue weighted by molar-refractivity contribution is -0.112. The number of aromatic nitrogens is 2.